The number of halogens is 6. The van der Waals surface area contributed by atoms with Crippen LogP contribution in [0.25, 0.3) is 11.1 Å². The first-order valence-corrected chi connectivity index (χ1v) is 10.9. The van der Waals surface area contributed by atoms with Crippen LogP contribution in [0.2, 0.25) is 0 Å². The van der Waals surface area contributed by atoms with Gasteiger partial charge in [-0.25, -0.2) is 0 Å². The van der Waals surface area contributed by atoms with E-state index in [1.165, 1.54) is 37.1 Å². The van der Waals surface area contributed by atoms with Gasteiger partial charge >= 0.3 is 12.4 Å². The van der Waals surface area contributed by atoms with E-state index in [4.69, 9.17) is 0 Å². The van der Waals surface area contributed by atoms with Crippen molar-refractivity contribution >= 4 is 23.4 Å². The maximum atomic E-state index is 13.0. The van der Waals surface area contributed by atoms with E-state index in [0.29, 0.717) is 21.8 Å². The van der Waals surface area contributed by atoms with Crippen LogP contribution >= 0.6 is 11.8 Å². The third-order valence-electron chi connectivity index (χ3n) is 4.71. The third-order valence-corrected chi connectivity index (χ3v) is 5.62. The number of nitrogens with one attached hydrogen (secondary N) is 1. The molecule has 1 aromatic carbocycles. The molecule has 0 saturated carbocycles. The predicted octanol–water partition coefficient (Wildman–Crippen LogP) is 6.16. The van der Waals surface area contributed by atoms with Crippen molar-refractivity contribution in [2.45, 2.75) is 30.6 Å². The van der Waals surface area contributed by atoms with Crippen LogP contribution in [0.1, 0.15) is 34.2 Å². The summed E-state index contributed by atoms with van der Waals surface area (Å²) >= 11 is 1.29. The van der Waals surface area contributed by atoms with Crippen LogP contribution in [0, 0.1) is 0 Å². The highest BCUT2D eigenvalue weighted by molar-refractivity contribution is 7.99. The summed E-state index contributed by atoms with van der Waals surface area (Å²) in [5, 5.41) is 9.26. The predicted molar refractivity (Wildman–Crippen MR) is 116 cm³/mol. The summed E-state index contributed by atoms with van der Waals surface area (Å²) in [6.07, 6.45) is -8.24. The zero-order valence-electron chi connectivity index (χ0n) is 17.9. The van der Waals surface area contributed by atoms with Crippen molar-refractivity contribution in [3.05, 3.63) is 65.1 Å². The number of pyridine rings is 1. The topological polar surface area (TPSA) is 67.8 Å². The molecule has 3 aromatic rings. The van der Waals surface area contributed by atoms with E-state index in [-0.39, 0.29) is 17.1 Å². The second kappa shape index (κ2) is 10.00. The first kappa shape index (κ1) is 25.5. The first-order valence-electron chi connectivity index (χ1n) is 9.89. The number of carbonyl (C=O) groups excluding carboxylic acids is 1. The molecule has 3 rings (SSSR count). The van der Waals surface area contributed by atoms with Crippen LogP contribution in [-0.2, 0) is 18.8 Å². The first-order chi connectivity index (χ1) is 15.9. The number of thioether (sulfide) groups is 1. The fourth-order valence-corrected chi connectivity index (χ4v) is 3.92. The molecule has 0 saturated heterocycles. The lowest BCUT2D eigenvalue weighted by Crippen LogP contribution is -2.15. The van der Waals surface area contributed by atoms with Crippen LogP contribution in [0.3, 0.4) is 0 Å². The lowest BCUT2D eigenvalue weighted by molar-refractivity contribution is -0.141. The number of aromatic nitrogens is 3. The molecule has 1 N–H and O–H groups in total. The molecule has 0 aliphatic heterocycles. The second-order valence-electron chi connectivity index (χ2n) is 7.03. The van der Waals surface area contributed by atoms with Crippen LogP contribution in [0.15, 0.2) is 47.5 Å². The Morgan fingerprint density at radius 1 is 0.971 bits per heavy atom. The van der Waals surface area contributed by atoms with Crippen LogP contribution in [0.5, 0.6) is 0 Å². The number of carbonyl (C=O) groups is 1. The molecule has 0 unspecified atom stereocenters. The van der Waals surface area contributed by atoms with Crippen LogP contribution in [-0.4, -0.2) is 33.8 Å². The molecule has 34 heavy (non-hydrogen) atoms. The Bertz CT molecular complexity index is 1180. The molecule has 0 bridgehead atoms. The van der Waals surface area contributed by atoms with Crippen molar-refractivity contribution in [1.29, 1.82) is 0 Å². The van der Waals surface area contributed by atoms with Gasteiger partial charge in [-0.3, -0.25) is 9.78 Å². The fourth-order valence-electron chi connectivity index (χ4n) is 3.10. The Hall–Kier alpha value is -3.15. The number of Topliss-reactive ketones (excluding diaryl/α,β-unsaturated/α-hetero) is 1. The van der Waals surface area contributed by atoms with Crippen LogP contribution in [0.4, 0.5) is 32.2 Å². The zero-order chi connectivity index (χ0) is 25.1. The largest absolute Gasteiger partial charge is 0.435 e. The molecular formula is C22H18F6N4OS. The number of hydrogen-bond donors (Lipinski definition) is 1. The van der Waals surface area contributed by atoms with Gasteiger partial charge < -0.3 is 5.32 Å². The maximum absolute atomic E-state index is 13.0. The van der Waals surface area contributed by atoms with E-state index in [1.807, 2.05) is 6.92 Å². The van der Waals surface area contributed by atoms with Gasteiger partial charge in [0.15, 0.2) is 17.3 Å². The van der Waals surface area contributed by atoms with Crippen molar-refractivity contribution in [3.8, 4) is 11.1 Å². The summed E-state index contributed by atoms with van der Waals surface area (Å²) in [7, 11) is 1.45. The highest BCUT2D eigenvalue weighted by Crippen LogP contribution is 2.33. The molecular weight excluding hydrogens is 482 g/mol. The quantitative estimate of drug-likeness (QED) is 0.238. The normalized spacial score (nSPS) is 12.0. The summed E-state index contributed by atoms with van der Waals surface area (Å²) in [4.78, 5) is 17.6. The molecule has 0 spiro atoms. The molecule has 0 radical (unpaired) electrons. The number of rotatable bonds is 7. The van der Waals surface area contributed by atoms with Gasteiger partial charge in [0.25, 0.3) is 0 Å². The average molecular weight is 500 g/mol. The number of alkyl halides is 6. The van der Waals surface area contributed by atoms with E-state index in [0.717, 1.165) is 18.2 Å². The molecule has 0 aliphatic rings. The Kier molecular flexibility index (Phi) is 7.49. The number of benzene rings is 1. The van der Waals surface area contributed by atoms with Crippen molar-refractivity contribution in [2.24, 2.45) is 0 Å². The Morgan fingerprint density at radius 3 is 2.21 bits per heavy atom. The van der Waals surface area contributed by atoms with E-state index in [9.17, 15) is 31.1 Å². The number of ketones is 1. The van der Waals surface area contributed by atoms with Crippen molar-refractivity contribution in [1.82, 2.24) is 15.2 Å². The van der Waals surface area contributed by atoms with Crippen molar-refractivity contribution in [2.75, 3.05) is 18.1 Å². The molecule has 2 heterocycles. The molecule has 180 valence electrons. The van der Waals surface area contributed by atoms with Crippen molar-refractivity contribution < 1.29 is 31.1 Å². The van der Waals surface area contributed by atoms with E-state index in [1.54, 1.807) is 6.07 Å². The molecule has 5 nitrogen and oxygen atoms in total. The van der Waals surface area contributed by atoms with Gasteiger partial charge in [-0.05, 0) is 35.6 Å². The minimum Gasteiger partial charge on any atom is -0.371 e. The summed E-state index contributed by atoms with van der Waals surface area (Å²) in [6.45, 7) is 1.84. The third kappa shape index (κ3) is 5.85. The Labute approximate surface area is 195 Å². The molecule has 0 aliphatic carbocycles. The summed E-state index contributed by atoms with van der Waals surface area (Å²) < 4.78 is 77.6. The Balaban J connectivity index is 1.94. The smallest absolute Gasteiger partial charge is 0.371 e. The molecule has 12 heteroatoms. The zero-order valence-corrected chi connectivity index (χ0v) is 18.7. The van der Waals surface area contributed by atoms with E-state index < -0.39 is 35.8 Å². The number of hydrogen-bond acceptors (Lipinski definition) is 6. The molecule has 2 aromatic heterocycles. The summed E-state index contributed by atoms with van der Waals surface area (Å²) in [6, 6.07) is 6.91. The maximum Gasteiger partial charge on any atom is 0.435 e. The summed E-state index contributed by atoms with van der Waals surface area (Å²) in [5.41, 5.74) is -0.970. The minimum atomic E-state index is -4.72. The SMILES string of the molecule is CCSc1cc(-c2ccc(C(F)(F)F)cc2)cnc1C(=O)Cc1cc(C(F)(F)F)nnc1NC. The number of anilines is 1. The average Bonchev–Trinajstić information content (AvgIpc) is 2.78. The highest BCUT2D eigenvalue weighted by Gasteiger charge is 2.34. The lowest BCUT2D eigenvalue weighted by atomic mass is 10.0. The van der Waals surface area contributed by atoms with Gasteiger partial charge in [0, 0.05) is 35.7 Å². The minimum absolute atomic E-state index is 0.0101. The number of nitrogens with zero attached hydrogens (tertiary/aromatic N) is 3. The van der Waals surface area contributed by atoms with Gasteiger partial charge in [-0.1, -0.05) is 19.1 Å². The van der Waals surface area contributed by atoms with Gasteiger partial charge in [0.2, 0.25) is 0 Å². The standard InChI is InChI=1S/C22H18F6N4OS/c1-3-34-17-9-14(12-4-6-15(7-5-12)21(23,24)25)11-30-19(17)16(33)8-13-10-18(22(26,27)28)31-32-20(13)29-2/h4-7,9-11H,3,8H2,1-2H3,(H,29,32). The van der Waals surface area contributed by atoms with Gasteiger partial charge in [-0.15, -0.1) is 22.0 Å². The lowest BCUT2D eigenvalue weighted by Gasteiger charge is -2.13. The van der Waals surface area contributed by atoms with Crippen LogP contribution < -0.4 is 5.32 Å². The molecule has 0 atom stereocenters. The fraction of sp³-hybridized carbons (Fsp3) is 0.273. The van der Waals surface area contributed by atoms with Gasteiger partial charge in [-0.2, -0.15) is 26.3 Å². The molecule has 0 fully saturated rings. The van der Waals surface area contributed by atoms with E-state index in [2.05, 4.69) is 20.5 Å². The van der Waals surface area contributed by atoms with Gasteiger partial charge in [0.1, 0.15) is 5.69 Å². The summed E-state index contributed by atoms with van der Waals surface area (Å²) in [5.74, 6) is 0.0647. The van der Waals surface area contributed by atoms with Gasteiger partial charge in [0.05, 0.1) is 5.56 Å². The van der Waals surface area contributed by atoms with Crippen molar-refractivity contribution in [3.63, 3.8) is 0 Å². The monoisotopic (exact) mass is 500 g/mol. The Morgan fingerprint density at radius 2 is 1.65 bits per heavy atom. The van der Waals surface area contributed by atoms with E-state index >= 15 is 0 Å². The highest BCUT2D eigenvalue weighted by atomic mass is 32.2. The molecule has 0 amide bonds. The second-order valence-corrected chi connectivity index (χ2v) is 8.34.